The number of methoxy groups -OCH3 is 1. The van der Waals surface area contributed by atoms with Gasteiger partial charge in [0.15, 0.2) is 0 Å². The quantitative estimate of drug-likeness (QED) is 0.610. The molecule has 3 N–H and O–H groups in total. The van der Waals surface area contributed by atoms with Gasteiger partial charge in [-0.3, -0.25) is 4.79 Å². The second kappa shape index (κ2) is 5.65. The molecule has 0 spiro atoms. The van der Waals surface area contributed by atoms with E-state index in [2.05, 4.69) is 0 Å². The maximum atomic E-state index is 10.7. The molecule has 0 aromatic heterocycles. The van der Waals surface area contributed by atoms with Crippen LogP contribution in [0.4, 0.5) is 5.69 Å². The summed E-state index contributed by atoms with van der Waals surface area (Å²) in [7, 11) is 1.58. The average molecular weight is 241 g/mol. The number of carbonyl (C=O) groups is 1. The lowest BCUT2D eigenvalue weighted by atomic mass is 10.2. The number of nitrogens with two attached hydrogens (primary N) is 1. The molecule has 0 bridgehead atoms. The maximum Gasteiger partial charge on any atom is 0.307 e. The largest absolute Gasteiger partial charge is 0.497 e. The predicted octanol–water partition coefficient (Wildman–Crippen LogP) is 2.09. The minimum absolute atomic E-state index is 0.393. The Labute approximate surface area is 98.8 Å². The van der Waals surface area contributed by atoms with Crippen LogP contribution < -0.4 is 10.5 Å². The molecule has 0 aliphatic rings. The summed E-state index contributed by atoms with van der Waals surface area (Å²) in [4.78, 5) is 11.5. The summed E-state index contributed by atoms with van der Waals surface area (Å²) in [5.74, 6) is 0.0245. The number of nitrogen functional groups attached to an aromatic ring is 1. The van der Waals surface area contributed by atoms with Gasteiger partial charge in [0, 0.05) is 16.3 Å². The smallest absolute Gasteiger partial charge is 0.307 e. The van der Waals surface area contributed by atoms with Gasteiger partial charge in [0.05, 0.1) is 13.0 Å². The van der Waals surface area contributed by atoms with Crippen LogP contribution in [-0.4, -0.2) is 23.9 Å². The van der Waals surface area contributed by atoms with Gasteiger partial charge in [-0.1, -0.05) is 6.92 Å². The van der Waals surface area contributed by atoms with E-state index in [9.17, 15) is 4.79 Å². The third kappa shape index (κ3) is 3.34. The zero-order chi connectivity index (χ0) is 12.1. The van der Waals surface area contributed by atoms with Crippen LogP contribution in [0.25, 0.3) is 0 Å². The minimum Gasteiger partial charge on any atom is -0.497 e. The van der Waals surface area contributed by atoms with Crippen molar-refractivity contribution in [1.29, 1.82) is 0 Å². The highest BCUT2D eigenvalue weighted by molar-refractivity contribution is 7.99. The Morgan fingerprint density at radius 2 is 2.31 bits per heavy atom. The number of thioether (sulfide) groups is 1. The zero-order valence-corrected chi connectivity index (χ0v) is 10.1. The van der Waals surface area contributed by atoms with Crippen molar-refractivity contribution in [2.24, 2.45) is 5.92 Å². The number of rotatable bonds is 5. The lowest BCUT2D eigenvalue weighted by molar-refractivity contribution is -0.140. The van der Waals surface area contributed by atoms with Crippen molar-refractivity contribution in [2.45, 2.75) is 11.8 Å². The van der Waals surface area contributed by atoms with E-state index in [1.54, 1.807) is 26.2 Å². The van der Waals surface area contributed by atoms with Crippen LogP contribution in [0.3, 0.4) is 0 Å². The number of carboxylic acids is 1. The fourth-order valence-electron chi connectivity index (χ4n) is 1.05. The zero-order valence-electron chi connectivity index (χ0n) is 9.27. The highest BCUT2D eigenvalue weighted by Crippen LogP contribution is 2.30. The van der Waals surface area contributed by atoms with Gasteiger partial charge in [0.25, 0.3) is 0 Å². The van der Waals surface area contributed by atoms with E-state index in [1.807, 2.05) is 6.07 Å². The molecule has 0 amide bonds. The van der Waals surface area contributed by atoms with Gasteiger partial charge in [-0.15, -0.1) is 11.8 Å². The van der Waals surface area contributed by atoms with Gasteiger partial charge in [-0.05, 0) is 18.2 Å². The molecule has 0 fully saturated rings. The number of anilines is 1. The molecule has 1 aromatic rings. The molecular formula is C11H15NO3S. The average Bonchev–Trinajstić information content (AvgIpc) is 2.27. The Balaban J connectivity index is 2.69. The molecule has 4 nitrogen and oxygen atoms in total. The number of ether oxygens (including phenoxy) is 1. The van der Waals surface area contributed by atoms with Crippen LogP contribution in [0.1, 0.15) is 6.92 Å². The normalized spacial score (nSPS) is 12.1. The summed E-state index contributed by atoms with van der Waals surface area (Å²) in [6, 6.07) is 5.35. The Morgan fingerprint density at radius 3 is 2.88 bits per heavy atom. The van der Waals surface area contributed by atoms with Crippen LogP contribution in [0, 0.1) is 5.92 Å². The summed E-state index contributed by atoms with van der Waals surface area (Å²) in [5.41, 5.74) is 6.42. The van der Waals surface area contributed by atoms with E-state index in [0.717, 1.165) is 10.6 Å². The fourth-order valence-corrected chi connectivity index (χ4v) is 2.06. The van der Waals surface area contributed by atoms with Crippen LogP contribution >= 0.6 is 11.8 Å². The predicted molar refractivity (Wildman–Crippen MR) is 64.9 cm³/mol. The highest BCUT2D eigenvalue weighted by Gasteiger charge is 2.12. The number of hydrogen-bond acceptors (Lipinski definition) is 4. The number of aliphatic carboxylic acids is 1. The Morgan fingerprint density at radius 1 is 1.62 bits per heavy atom. The third-order valence-electron chi connectivity index (χ3n) is 2.13. The molecule has 5 heteroatoms. The van der Waals surface area contributed by atoms with Crippen LogP contribution in [0.2, 0.25) is 0 Å². The number of benzene rings is 1. The summed E-state index contributed by atoms with van der Waals surface area (Å²) in [5, 5.41) is 8.76. The molecule has 0 aliphatic carbocycles. The first-order valence-electron chi connectivity index (χ1n) is 4.83. The molecular weight excluding hydrogens is 226 g/mol. The van der Waals surface area contributed by atoms with Crippen LogP contribution in [0.15, 0.2) is 23.1 Å². The van der Waals surface area contributed by atoms with E-state index in [1.165, 1.54) is 11.8 Å². The van der Waals surface area contributed by atoms with Crippen molar-refractivity contribution in [3.05, 3.63) is 18.2 Å². The monoisotopic (exact) mass is 241 g/mol. The molecule has 0 radical (unpaired) electrons. The van der Waals surface area contributed by atoms with E-state index in [0.29, 0.717) is 11.4 Å². The van der Waals surface area contributed by atoms with Crippen molar-refractivity contribution in [1.82, 2.24) is 0 Å². The molecule has 0 saturated carbocycles. The molecule has 88 valence electrons. The third-order valence-corrected chi connectivity index (χ3v) is 3.46. The summed E-state index contributed by atoms with van der Waals surface area (Å²) >= 11 is 1.43. The number of hydrogen-bond donors (Lipinski definition) is 2. The Kier molecular flexibility index (Phi) is 4.49. The van der Waals surface area contributed by atoms with Crippen molar-refractivity contribution in [2.75, 3.05) is 18.6 Å². The maximum absolute atomic E-state index is 10.7. The van der Waals surface area contributed by atoms with Gasteiger partial charge in [-0.25, -0.2) is 0 Å². The van der Waals surface area contributed by atoms with E-state index < -0.39 is 11.9 Å². The molecule has 1 unspecified atom stereocenters. The van der Waals surface area contributed by atoms with Crippen LogP contribution in [0.5, 0.6) is 5.75 Å². The summed E-state index contributed by atoms with van der Waals surface area (Å²) in [6.07, 6.45) is 0. The fraction of sp³-hybridized carbons (Fsp3) is 0.364. The molecule has 0 aliphatic heterocycles. The SMILES string of the molecule is COc1ccc(N)c(SCC(C)C(=O)O)c1. The van der Waals surface area contributed by atoms with E-state index in [4.69, 9.17) is 15.6 Å². The van der Waals surface area contributed by atoms with Gasteiger partial charge in [-0.2, -0.15) is 0 Å². The van der Waals surface area contributed by atoms with Gasteiger partial charge >= 0.3 is 5.97 Å². The molecule has 1 rings (SSSR count). The first-order chi connectivity index (χ1) is 7.54. The first-order valence-corrected chi connectivity index (χ1v) is 5.82. The second-order valence-electron chi connectivity index (χ2n) is 3.45. The first kappa shape index (κ1) is 12.7. The van der Waals surface area contributed by atoms with E-state index in [-0.39, 0.29) is 0 Å². The van der Waals surface area contributed by atoms with Gasteiger partial charge < -0.3 is 15.6 Å². The molecule has 16 heavy (non-hydrogen) atoms. The molecule has 1 aromatic carbocycles. The van der Waals surface area contributed by atoms with Crippen molar-refractivity contribution in [3.8, 4) is 5.75 Å². The topological polar surface area (TPSA) is 72.5 Å². The Hall–Kier alpha value is -1.36. The van der Waals surface area contributed by atoms with Crippen molar-refractivity contribution < 1.29 is 14.6 Å². The minimum atomic E-state index is -0.797. The molecule has 1 atom stereocenters. The molecule has 0 heterocycles. The van der Waals surface area contributed by atoms with Gasteiger partial charge in [0.2, 0.25) is 0 Å². The standard InChI is InChI=1S/C11H15NO3S/c1-7(11(13)14)6-16-10-5-8(15-2)3-4-9(10)12/h3-5,7H,6,12H2,1-2H3,(H,13,14). The highest BCUT2D eigenvalue weighted by atomic mass is 32.2. The van der Waals surface area contributed by atoms with E-state index >= 15 is 0 Å². The lowest BCUT2D eigenvalue weighted by Crippen LogP contribution is -2.11. The summed E-state index contributed by atoms with van der Waals surface area (Å²) in [6.45, 7) is 1.67. The van der Waals surface area contributed by atoms with Gasteiger partial charge in [0.1, 0.15) is 5.75 Å². The van der Waals surface area contributed by atoms with Crippen molar-refractivity contribution >= 4 is 23.4 Å². The number of carboxylic acid groups (broad SMARTS) is 1. The molecule has 0 saturated heterocycles. The second-order valence-corrected chi connectivity index (χ2v) is 4.52. The van der Waals surface area contributed by atoms with Crippen molar-refractivity contribution in [3.63, 3.8) is 0 Å². The summed E-state index contributed by atoms with van der Waals surface area (Å²) < 4.78 is 5.08. The Bertz CT molecular complexity index is 381. The van der Waals surface area contributed by atoms with Crippen LogP contribution in [-0.2, 0) is 4.79 Å². The lowest BCUT2D eigenvalue weighted by Gasteiger charge is -2.09.